The summed E-state index contributed by atoms with van der Waals surface area (Å²) in [5.41, 5.74) is -0.0987. The van der Waals surface area contributed by atoms with Gasteiger partial charge in [-0.25, -0.2) is 0 Å². The minimum atomic E-state index is -0.546. The number of allylic oxidation sites excluding steroid dienone is 1. The van der Waals surface area contributed by atoms with Crippen molar-refractivity contribution in [2.45, 2.75) is 26.2 Å². The minimum Gasteiger partial charge on any atom is -0.385 e. The first-order chi connectivity index (χ1) is 5.22. The minimum absolute atomic E-state index is 0.0987. The number of rotatable bonds is 5. The Bertz CT molecular complexity index is 154. The molecule has 0 heterocycles. The molecule has 0 aliphatic heterocycles. The van der Waals surface area contributed by atoms with Crippen molar-refractivity contribution in [2.75, 3.05) is 6.61 Å². The van der Waals surface area contributed by atoms with Gasteiger partial charge in [-0.1, -0.05) is 13.3 Å². The predicted octanol–water partition coefficient (Wildman–Crippen LogP) is 1.33. The molecule has 0 fully saturated rings. The number of hydrogen-bond acceptors (Lipinski definition) is 3. The van der Waals surface area contributed by atoms with Gasteiger partial charge in [-0.2, -0.15) is 0 Å². The Morgan fingerprint density at radius 1 is 1.73 bits per heavy atom. The smallest absolute Gasteiger partial charge is 0.267 e. The average molecular weight is 159 g/mol. The SMILES string of the molecule is CCCCC=C(CO)[N+](=O)[O-]. The number of aliphatic hydroxyl groups is 1. The molecule has 0 aromatic heterocycles. The van der Waals surface area contributed by atoms with Gasteiger partial charge in [-0.05, 0) is 18.9 Å². The molecular weight excluding hydrogens is 146 g/mol. The molecule has 4 nitrogen and oxygen atoms in total. The Morgan fingerprint density at radius 2 is 2.36 bits per heavy atom. The van der Waals surface area contributed by atoms with Crippen molar-refractivity contribution >= 4 is 0 Å². The summed E-state index contributed by atoms with van der Waals surface area (Å²) in [7, 11) is 0. The molecule has 0 spiro atoms. The largest absolute Gasteiger partial charge is 0.385 e. The lowest BCUT2D eigenvalue weighted by Gasteiger charge is -1.92. The average Bonchev–Trinajstić information content (AvgIpc) is 1.97. The van der Waals surface area contributed by atoms with Crippen LogP contribution in [0, 0.1) is 10.1 Å². The van der Waals surface area contributed by atoms with Crippen LogP contribution in [0.4, 0.5) is 0 Å². The van der Waals surface area contributed by atoms with Gasteiger partial charge >= 0.3 is 0 Å². The second-order valence-corrected chi connectivity index (χ2v) is 2.25. The van der Waals surface area contributed by atoms with Gasteiger partial charge in [0.25, 0.3) is 5.70 Å². The lowest BCUT2D eigenvalue weighted by molar-refractivity contribution is -0.430. The second kappa shape index (κ2) is 5.85. The quantitative estimate of drug-likeness (QED) is 0.374. The normalized spacial score (nSPS) is 11.6. The van der Waals surface area contributed by atoms with Crippen LogP contribution in [0.2, 0.25) is 0 Å². The summed E-state index contributed by atoms with van der Waals surface area (Å²) in [6.45, 7) is 1.54. The Labute approximate surface area is 65.7 Å². The van der Waals surface area contributed by atoms with E-state index in [-0.39, 0.29) is 5.70 Å². The van der Waals surface area contributed by atoms with E-state index in [1.807, 2.05) is 6.92 Å². The van der Waals surface area contributed by atoms with Crippen molar-refractivity contribution in [3.8, 4) is 0 Å². The van der Waals surface area contributed by atoms with Crippen LogP contribution >= 0.6 is 0 Å². The second-order valence-electron chi connectivity index (χ2n) is 2.25. The van der Waals surface area contributed by atoms with Crippen molar-refractivity contribution in [3.05, 3.63) is 21.9 Å². The van der Waals surface area contributed by atoms with Crippen LogP contribution in [0.5, 0.6) is 0 Å². The Morgan fingerprint density at radius 3 is 2.73 bits per heavy atom. The van der Waals surface area contributed by atoms with Crippen molar-refractivity contribution in [1.82, 2.24) is 0 Å². The number of unbranched alkanes of at least 4 members (excludes halogenated alkanes) is 2. The summed E-state index contributed by atoms with van der Waals surface area (Å²) < 4.78 is 0. The van der Waals surface area contributed by atoms with Gasteiger partial charge < -0.3 is 5.11 Å². The van der Waals surface area contributed by atoms with Crippen LogP contribution < -0.4 is 0 Å². The third-order valence-electron chi connectivity index (χ3n) is 1.33. The molecule has 0 atom stereocenters. The Hall–Kier alpha value is -0.900. The molecule has 1 N–H and O–H groups in total. The van der Waals surface area contributed by atoms with E-state index in [1.54, 1.807) is 0 Å². The van der Waals surface area contributed by atoms with Crippen LogP contribution in [-0.2, 0) is 0 Å². The van der Waals surface area contributed by atoms with E-state index in [0.29, 0.717) is 6.42 Å². The number of nitrogens with zero attached hydrogens (tertiary/aromatic N) is 1. The topological polar surface area (TPSA) is 63.4 Å². The van der Waals surface area contributed by atoms with Crippen LogP contribution in [0.1, 0.15) is 26.2 Å². The van der Waals surface area contributed by atoms with E-state index in [1.165, 1.54) is 6.08 Å². The predicted molar refractivity (Wildman–Crippen MR) is 41.7 cm³/mol. The molecule has 0 aromatic rings. The molecule has 0 bridgehead atoms. The lowest BCUT2D eigenvalue weighted by Crippen LogP contribution is -2.02. The summed E-state index contributed by atoms with van der Waals surface area (Å²) >= 11 is 0. The van der Waals surface area contributed by atoms with Crippen LogP contribution in [-0.4, -0.2) is 16.6 Å². The Kier molecular flexibility index (Phi) is 5.37. The highest BCUT2D eigenvalue weighted by molar-refractivity contribution is 4.90. The zero-order chi connectivity index (χ0) is 8.69. The van der Waals surface area contributed by atoms with Crippen LogP contribution in [0.25, 0.3) is 0 Å². The van der Waals surface area contributed by atoms with Gasteiger partial charge in [0.2, 0.25) is 0 Å². The maximum atomic E-state index is 10.1. The highest BCUT2D eigenvalue weighted by atomic mass is 16.6. The van der Waals surface area contributed by atoms with E-state index < -0.39 is 11.5 Å². The molecule has 11 heavy (non-hydrogen) atoms. The molecular formula is C7H13NO3. The first kappa shape index (κ1) is 10.1. The van der Waals surface area contributed by atoms with Crippen molar-refractivity contribution in [2.24, 2.45) is 0 Å². The molecule has 64 valence electrons. The molecule has 0 saturated carbocycles. The molecule has 0 aromatic carbocycles. The van der Waals surface area contributed by atoms with E-state index >= 15 is 0 Å². The van der Waals surface area contributed by atoms with Gasteiger partial charge in [-0.15, -0.1) is 0 Å². The summed E-state index contributed by atoms with van der Waals surface area (Å²) in [5, 5.41) is 18.6. The van der Waals surface area contributed by atoms with Crippen LogP contribution in [0.15, 0.2) is 11.8 Å². The summed E-state index contributed by atoms with van der Waals surface area (Å²) in [6.07, 6.45) is 4.08. The zero-order valence-electron chi connectivity index (χ0n) is 6.62. The zero-order valence-corrected chi connectivity index (χ0v) is 6.62. The monoisotopic (exact) mass is 159 g/mol. The third kappa shape index (κ3) is 4.50. The fourth-order valence-electron chi connectivity index (χ4n) is 0.670. The highest BCUT2D eigenvalue weighted by Gasteiger charge is 2.05. The third-order valence-corrected chi connectivity index (χ3v) is 1.33. The highest BCUT2D eigenvalue weighted by Crippen LogP contribution is 2.00. The van der Waals surface area contributed by atoms with Crippen molar-refractivity contribution < 1.29 is 10.0 Å². The molecule has 0 unspecified atom stereocenters. The maximum Gasteiger partial charge on any atom is 0.267 e. The fourth-order valence-corrected chi connectivity index (χ4v) is 0.670. The first-order valence-corrected chi connectivity index (χ1v) is 3.66. The van der Waals surface area contributed by atoms with Gasteiger partial charge in [0.15, 0.2) is 0 Å². The molecule has 0 aliphatic carbocycles. The molecule has 0 radical (unpaired) electrons. The van der Waals surface area contributed by atoms with Crippen LogP contribution in [0.3, 0.4) is 0 Å². The summed E-state index contributed by atoms with van der Waals surface area (Å²) in [5.74, 6) is 0. The molecule has 0 saturated heterocycles. The van der Waals surface area contributed by atoms with Crippen molar-refractivity contribution in [3.63, 3.8) is 0 Å². The van der Waals surface area contributed by atoms with E-state index in [2.05, 4.69) is 0 Å². The molecule has 4 heteroatoms. The van der Waals surface area contributed by atoms with E-state index in [9.17, 15) is 10.1 Å². The van der Waals surface area contributed by atoms with Gasteiger partial charge in [0.05, 0.1) is 4.92 Å². The van der Waals surface area contributed by atoms with Gasteiger partial charge in [0, 0.05) is 0 Å². The standard InChI is InChI=1S/C7H13NO3/c1-2-3-4-5-7(6-9)8(10)11/h5,9H,2-4,6H2,1H3. The van der Waals surface area contributed by atoms with Gasteiger partial charge in [0.1, 0.15) is 6.61 Å². The number of hydrogen-bond donors (Lipinski definition) is 1. The van der Waals surface area contributed by atoms with Crippen molar-refractivity contribution in [1.29, 1.82) is 0 Å². The fraction of sp³-hybridized carbons (Fsp3) is 0.714. The molecule has 0 rings (SSSR count). The Balaban J connectivity index is 3.81. The first-order valence-electron chi connectivity index (χ1n) is 3.66. The lowest BCUT2D eigenvalue weighted by atomic mass is 10.2. The van der Waals surface area contributed by atoms with E-state index in [4.69, 9.17) is 5.11 Å². The number of aliphatic hydroxyl groups excluding tert-OH is 1. The van der Waals surface area contributed by atoms with E-state index in [0.717, 1.165) is 12.8 Å². The summed E-state index contributed by atoms with van der Waals surface area (Å²) in [6, 6.07) is 0. The maximum absolute atomic E-state index is 10.1. The number of nitro groups is 1. The molecule has 0 aliphatic rings. The molecule has 0 amide bonds. The summed E-state index contributed by atoms with van der Waals surface area (Å²) in [4.78, 5) is 9.56. The van der Waals surface area contributed by atoms with Gasteiger partial charge in [-0.3, -0.25) is 10.1 Å².